The average Bonchev–Trinajstić information content (AvgIpc) is 2.34. The molecule has 2 atom stereocenters. The summed E-state index contributed by atoms with van der Waals surface area (Å²) in [5, 5.41) is 0. The van der Waals surface area contributed by atoms with Gasteiger partial charge in [0.25, 0.3) is 0 Å². The lowest BCUT2D eigenvalue weighted by molar-refractivity contribution is -0.00140. The van der Waals surface area contributed by atoms with Crippen LogP contribution < -0.4 is 5.48 Å². The second-order valence-corrected chi connectivity index (χ2v) is 7.68. The maximum Gasteiger partial charge on any atom is 0.517 e. The first-order valence-corrected chi connectivity index (χ1v) is 9.47. The van der Waals surface area contributed by atoms with E-state index in [4.69, 9.17) is 25.0 Å². The van der Waals surface area contributed by atoms with E-state index in [0.29, 0.717) is 18.4 Å². The van der Waals surface area contributed by atoms with Crippen molar-refractivity contribution in [1.82, 2.24) is 5.48 Å². The maximum atomic E-state index is 5.96. The van der Waals surface area contributed by atoms with Crippen molar-refractivity contribution in [2.75, 3.05) is 25.6 Å². The van der Waals surface area contributed by atoms with E-state index in [0.717, 1.165) is 32.0 Å². The highest BCUT2D eigenvalue weighted by atomic mass is 35.5. The number of halogens is 1. The first-order valence-electron chi connectivity index (χ1n) is 7.01. The highest BCUT2D eigenvalue weighted by Gasteiger charge is 2.42. The molecule has 0 saturated carbocycles. The molecular formula is C12H26ClNO3Si. The summed E-state index contributed by atoms with van der Waals surface area (Å²) < 4.78 is 17.5. The van der Waals surface area contributed by atoms with Crippen molar-refractivity contribution in [2.45, 2.75) is 45.6 Å². The third kappa shape index (κ3) is 5.55. The van der Waals surface area contributed by atoms with Crippen LogP contribution in [0.4, 0.5) is 0 Å². The zero-order chi connectivity index (χ0) is 13.3. The molecule has 0 aliphatic carbocycles. The van der Waals surface area contributed by atoms with Crippen LogP contribution in [0.5, 0.6) is 0 Å². The molecule has 0 amide bonds. The van der Waals surface area contributed by atoms with Crippen LogP contribution >= 0.6 is 11.6 Å². The molecule has 1 fully saturated rings. The lowest BCUT2D eigenvalue weighted by atomic mass is 10.0. The molecule has 1 aliphatic rings. The second kappa shape index (κ2) is 9.28. The number of hydrogen-bond acceptors (Lipinski definition) is 4. The average molecular weight is 296 g/mol. The molecule has 1 rings (SSSR count). The summed E-state index contributed by atoms with van der Waals surface area (Å²) in [6, 6.07) is 0.787. The Morgan fingerprint density at radius 2 is 2.28 bits per heavy atom. The second-order valence-electron chi connectivity index (χ2n) is 4.65. The van der Waals surface area contributed by atoms with E-state index in [9.17, 15) is 0 Å². The third-order valence-corrected chi connectivity index (χ3v) is 6.19. The number of hydrogen-bond donors (Lipinski definition) is 1. The number of hydroxylamine groups is 1. The van der Waals surface area contributed by atoms with Crippen LogP contribution in [0, 0.1) is 5.92 Å². The highest BCUT2D eigenvalue weighted by molar-refractivity contribution is 6.60. The molecule has 0 radical (unpaired) electrons. The Morgan fingerprint density at radius 3 is 2.94 bits per heavy atom. The molecule has 108 valence electrons. The Balaban J connectivity index is 2.48. The minimum absolute atomic E-state index is 0.618. The molecule has 0 bridgehead atoms. The Hall–Kier alpha value is 0.347. The lowest BCUT2D eigenvalue weighted by Gasteiger charge is -2.32. The Labute approximate surface area is 117 Å². The zero-order valence-corrected chi connectivity index (χ0v) is 13.3. The molecular weight excluding hydrogens is 270 g/mol. The predicted octanol–water partition coefficient (Wildman–Crippen LogP) is 2.95. The van der Waals surface area contributed by atoms with Gasteiger partial charge in [-0.05, 0) is 32.1 Å². The molecule has 0 aromatic carbocycles. The van der Waals surface area contributed by atoms with Gasteiger partial charge in [-0.3, -0.25) is 4.53 Å². The van der Waals surface area contributed by atoms with E-state index < -0.39 is 8.80 Å². The van der Waals surface area contributed by atoms with Gasteiger partial charge in [0.2, 0.25) is 0 Å². The minimum Gasteiger partial charge on any atom is -0.373 e. The number of nitrogens with one attached hydrogen (secondary N) is 1. The Bertz CT molecular complexity index is 211. The molecule has 1 N–H and O–H groups in total. The van der Waals surface area contributed by atoms with Crippen LogP contribution in [0.2, 0.25) is 6.04 Å². The van der Waals surface area contributed by atoms with Gasteiger partial charge in [0.1, 0.15) is 0 Å². The summed E-state index contributed by atoms with van der Waals surface area (Å²) in [7, 11) is -2.53. The highest BCUT2D eigenvalue weighted by Crippen LogP contribution is 2.22. The van der Waals surface area contributed by atoms with Gasteiger partial charge in [-0.25, -0.2) is 5.48 Å². The zero-order valence-electron chi connectivity index (χ0n) is 11.5. The number of alkyl halides is 1. The fraction of sp³-hybridized carbons (Fsp3) is 1.00. The van der Waals surface area contributed by atoms with E-state index in [-0.39, 0.29) is 0 Å². The van der Waals surface area contributed by atoms with Gasteiger partial charge in [0.05, 0.1) is 0 Å². The van der Waals surface area contributed by atoms with Crippen LogP contribution in [0.1, 0.15) is 39.5 Å². The van der Waals surface area contributed by atoms with Crippen molar-refractivity contribution in [3.63, 3.8) is 0 Å². The fourth-order valence-corrected chi connectivity index (χ4v) is 4.94. The van der Waals surface area contributed by atoms with Crippen LogP contribution in [-0.4, -0.2) is 34.4 Å². The minimum atomic E-state index is -2.53. The van der Waals surface area contributed by atoms with Gasteiger partial charge in [-0.2, -0.15) is 0 Å². The molecule has 0 spiro atoms. The fourth-order valence-electron chi connectivity index (χ4n) is 2.21. The van der Waals surface area contributed by atoms with Gasteiger partial charge in [-0.15, -0.1) is 11.6 Å². The number of rotatable bonds is 7. The standard InChI is InChI=1S/C12H26ClNO3Si/c1-3-6-12-7-9-16-18(15-4-2,10-5-8-13)17-14-11-12/h12,14H,3-11H2,1-2H3. The quantitative estimate of drug-likeness (QED) is 0.579. The molecule has 6 heteroatoms. The summed E-state index contributed by atoms with van der Waals surface area (Å²) >= 11 is 5.76. The third-order valence-electron chi connectivity index (χ3n) is 3.13. The van der Waals surface area contributed by atoms with Crippen molar-refractivity contribution < 1.29 is 13.4 Å². The largest absolute Gasteiger partial charge is 0.517 e. The van der Waals surface area contributed by atoms with Crippen molar-refractivity contribution >= 4 is 20.4 Å². The van der Waals surface area contributed by atoms with E-state index in [2.05, 4.69) is 12.4 Å². The molecule has 2 unspecified atom stereocenters. The summed E-state index contributed by atoms with van der Waals surface area (Å²) in [6.45, 7) is 6.43. The van der Waals surface area contributed by atoms with Crippen molar-refractivity contribution in [1.29, 1.82) is 0 Å². The van der Waals surface area contributed by atoms with Crippen LogP contribution in [0.15, 0.2) is 0 Å². The van der Waals surface area contributed by atoms with Crippen LogP contribution in [-0.2, 0) is 13.4 Å². The SMILES string of the molecule is CCCC1CCO[Si](CCCCl)(OCC)ONC1. The summed E-state index contributed by atoms with van der Waals surface area (Å²) in [5.74, 6) is 1.25. The molecule has 4 nitrogen and oxygen atoms in total. The van der Waals surface area contributed by atoms with Gasteiger partial charge in [-0.1, -0.05) is 13.3 Å². The Morgan fingerprint density at radius 1 is 1.44 bits per heavy atom. The first-order chi connectivity index (χ1) is 8.76. The molecule has 1 heterocycles. The normalized spacial score (nSPS) is 29.8. The van der Waals surface area contributed by atoms with Crippen LogP contribution in [0.3, 0.4) is 0 Å². The molecule has 0 aromatic heterocycles. The summed E-state index contributed by atoms with van der Waals surface area (Å²) in [4.78, 5) is 0. The van der Waals surface area contributed by atoms with Crippen molar-refractivity contribution in [3.05, 3.63) is 0 Å². The lowest BCUT2D eigenvalue weighted by Crippen LogP contribution is -2.52. The summed E-state index contributed by atoms with van der Waals surface area (Å²) in [5.41, 5.74) is 3.08. The summed E-state index contributed by atoms with van der Waals surface area (Å²) in [6.07, 6.45) is 4.36. The Kier molecular flexibility index (Phi) is 8.46. The van der Waals surface area contributed by atoms with E-state index in [1.54, 1.807) is 0 Å². The first kappa shape index (κ1) is 16.4. The molecule has 1 saturated heterocycles. The molecule has 18 heavy (non-hydrogen) atoms. The van der Waals surface area contributed by atoms with Crippen LogP contribution in [0.25, 0.3) is 0 Å². The van der Waals surface area contributed by atoms with E-state index in [1.807, 2.05) is 6.92 Å². The molecule has 1 aliphatic heterocycles. The topological polar surface area (TPSA) is 39.7 Å². The maximum absolute atomic E-state index is 5.96. The van der Waals surface area contributed by atoms with Gasteiger partial charge in [0, 0.05) is 31.7 Å². The van der Waals surface area contributed by atoms with Gasteiger partial charge < -0.3 is 8.85 Å². The van der Waals surface area contributed by atoms with Gasteiger partial charge in [0.15, 0.2) is 0 Å². The predicted molar refractivity (Wildman–Crippen MR) is 75.6 cm³/mol. The van der Waals surface area contributed by atoms with Crippen molar-refractivity contribution in [2.24, 2.45) is 5.92 Å². The smallest absolute Gasteiger partial charge is 0.373 e. The van der Waals surface area contributed by atoms with Crippen molar-refractivity contribution in [3.8, 4) is 0 Å². The van der Waals surface area contributed by atoms with Gasteiger partial charge >= 0.3 is 8.80 Å². The monoisotopic (exact) mass is 295 g/mol. The van der Waals surface area contributed by atoms with E-state index >= 15 is 0 Å². The van der Waals surface area contributed by atoms with E-state index in [1.165, 1.54) is 12.8 Å². The molecule has 0 aromatic rings.